The van der Waals surface area contributed by atoms with Crippen molar-refractivity contribution in [1.82, 2.24) is 20.3 Å². The summed E-state index contributed by atoms with van der Waals surface area (Å²) in [4.78, 5) is 25.2. The van der Waals surface area contributed by atoms with Crippen molar-refractivity contribution in [3.8, 4) is 11.4 Å². The molecular weight excluding hydrogens is 386 g/mol. The number of aliphatic hydroxyl groups is 1. The van der Waals surface area contributed by atoms with Gasteiger partial charge < -0.3 is 21.1 Å². The molecule has 0 aliphatic heterocycles. The van der Waals surface area contributed by atoms with Crippen molar-refractivity contribution in [3.05, 3.63) is 56.8 Å². The van der Waals surface area contributed by atoms with Crippen LogP contribution >= 0.6 is 22.9 Å². The van der Waals surface area contributed by atoms with Gasteiger partial charge in [0.15, 0.2) is 0 Å². The van der Waals surface area contributed by atoms with E-state index in [1.807, 2.05) is 13.0 Å². The van der Waals surface area contributed by atoms with Crippen molar-refractivity contribution in [2.45, 2.75) is 26.0 Å². The molecule has 1 amide bonds. The Labute approximate surface area is 165 Å². The zero-order valence-electron chi connectivity index (χ0n) is 14.7. The van der Waals surface area contributed by atoms with E-state index in [0.29, 0.717) is 29.4 Å². The minimum absolute atomic E-state index is 0.0753. The van der Waals surface area contributed by atoms with E-state index >= 15 is 0 Å². The third-order valence-electron chi connectivity index (χ3n) is 4.03. The lowest BCUT2D eigenvalue weighted by Gasteiger charge is -2.15. The third kappa shape index (κ3) is 4.54. The number of nitrogens with zero attached hydrogens (tertiary/aromatic N) is 2. The molecule has 1 atom stereocenters. The molecule has 3 heterocycles. The van der Waals surface area contributed by atoms with Gasteiger partial charge in [0.2, 0.25) is 0 Å². The number of aryl methyl sites for hydroxylation is 1. The number of hydrogen-bond donors (Lipinski definition) is 4. The van der Waals surface area contributed by atoms with Crippen molar-refractivity contribution in [2.75, 3.05) is 6.54 Å². The highest BCUT2D eigenvalue weighted by Crippen LogP contribution is 2.25. The maximum Gasteiger partial charge on any atom is 0.268 e. The standard InChI is InChI=1S/C18H20ClN5O2S/c1-10-6-15(13-3-2-11(19)7-21-13)23-16(10)17(26)24-14(4-5-20)18-22-8-12(9-25)27-18/h2-3,6-8,14,23,25H,4-5,9,20H2,1H3,(H,24,26). The van der Waals surface area contributed by atoms with Gasteiger partial charge in [-0.25, -0.2) is 4.98 Å². The number of carbonyl (C=O) groups is 1. The van der Waals surface area contributed by atoms with Crippen LogP contribution in [0.25, 0.3) is 11.4 Å². The zero-order chi connectivity index (χ0) is 19.4. The maximum atomic E-state index is 12.8. The number of aromatic amines is 1. The molecule has 0 aromatic carbocycles. The second-order valence-corrected chi connectivity index (χ2v) is 7.61. The van der Waals surface area contributed by atoms with Crippen LogP contribution in [0.5, 0.6) is 0 Å². The first kappa shape index (κ1) is 19.5. The highest BCUT2D eigenvalue weighted by molar-refractivity contribution is 7.11. The van der Waals surface area contributed by atoms with Gasteiger partial charge in [0.25, 0.3) is 5.91 Å². The Morgan fingerprint density at radius 2 is 2.22 bits per heavy atom. The molecule has 3 aromatic heterocycles. The van der Waals surface area contributed by atoms with Crippen molar-refractivity contribution in [3.63, 3.8) is 0 Å². The summed E-state index contributed by atoms with van der Waals surface area (Å²) < 4.78 is 0. The molecule has 0 saturated heterocycles. The summed E-state index contributed by atoms with van der Waals surface area (Å²) in [6.45, 7) is 2.19. The smallest absolute Gasteiger partial charge is 0.268 e. The van der Waals surface area contributed by atoms with E-state index in [1.165, 1.54) is 11.3 Å². The fraction of sp³-hybridized carbons (Fsp3) is 0.278. The first-order valence-electron chi connectivity index (χ1n) is 8.39. The van der Waals surface area contributed by atoms with Gasteiger partial charge in [-0.2, -0.15) is 0 Å². The molecule has 0 radical (unpaired) electrons. The number of aromatic nitrogens is 3. The van der Waals surface area contributed by atoms with E-state index in [4.69, 9.17) is 17.3 Å². The van der Waals surface area contributed by atoms with E-state index in [1.54, 1.807) is 24.5 Å². The molecule has 5 N–H and O–H groups in total. The summed E-state index contributed by atoms with van der Waals surface area (Å²) in [5, 5.41) is 13.5. The average molecular weight is 406 g/mol. The van der Waals surface area contributed by atoms with E-state index in [9.17, 15) is 9.90 Å². The Balaban J connectivity index is 1.80. The van der Waals surface area contributed by atoms with Crippen LogP contribution in [0.2, 0.25) is 5.02 Å². The molecule has 27 heavy (non-hydrogen) atoms. The molecule has 0 aliphatic carbocycles. The number of aliphatic hydroxyl groups excluding tert-OH is 1. The molecule has 1 unspecified atom stereocenters. The Morgan fingerprint density at radius 1 is 1.41 bits per heavy atom. The number of nitrogens with one attached hydrogen (secondary N) is 2. The molecule has 142 valence electrons. The summed E-state index contributed by atoms with van der Waals surface area (Å²) in [6, 6.07) is 5.10. The molecule has 0 spiro atoms. The van der Waals surface area contributed by atoms with Gasteiger partial charge in [0.1, 0.15) is 10.7 Å². The van der Waals surface area contributed by atoms with Crippen molar-refractivity contribution in [2.24, 2.45) is 5.73 Å². The highest BCUT2D eigenvalue weighted by atomic mass is 35.5. The quantitative estimate of drug-likeness (QED) is 0.482. The Morgan fingerprint density at radius 3 is 2.85 bits per heavy atom. The van der Waals surface area contributed by atoms with Crippen LogP contribution in [0.3, 0.4) is 0 Å². The number of halogens is 1. The normalized spacial score (nSPS) is 12.1. The molecule has 3 rings (SSSR count). The first-order valence-corrected chi connectivity index (χ1v) is 9.59. The Hall–Kier alpha value is -2.26. The van der Waals surface area contributed by atoms with Crippen LogP contribution in [-0.4, -0.2) is 32.5 Å². The molecule has 7 nitrogen and oxygen atoms in total. The van der Waals surface area contributed by atoms with Crippen molar-refractivity contribution >= 4 is 28.8 Å². The van der Waals surface area contributed by atoms with Gasteiger partial charge >= 0.3 is 0 Å². The summed E-state index contributed by atoms with van der Waals surface area (Å²) in [6.07, 6.45) is 3.72. The first-order chi connectivity index (χ1) is 13.0. The Kier molecular flexibility index (Phi) is 6.22. The molecule has 0 fully saturated rings. The number of nitrogens with two attached hydrogens (primary N) is 1. The molecule has 0 aliphatic rings. The lowest BCUT2D eigenvalue weighted by atomic mass is 10.2. The number of hydrogen-bond acceptors (Lipinski definition) is 6. The van der Waals surface area contributed by atoms with Crippen LogP contribution in [0.1, 0.15) is 38.4 Å². The van der Waals surface area contributed by atoms with E-state index < -0.39 is 0 Å². The molecule has 3 aromatic rings. The van der Waals surface area contributed by atoms with Gasteiger partial charge in [0, 0.05) is 12.4 Å². The predicted octanol–water partition coefficient (Wildman–Crippen LogP) is 2.81. The maximum absolute atomic E-state index is 12.8. The molecular formula is C18H20ClN5O2S. The van der Waals surface area contributed by atoms with Crippen LogP contribution in [0.4, 0.5) is 0 Å². The summed E-state index contributed by atoms with van der Waals surface area (Å²) in [5.74, 6) is -0.244. The monoisotopic (exact) mass is 405 g/mol. The minimum Gasteiger partial charge on any atom is -0.391 e. The topological polar surface area (TPSA) is 117 Å². The summed E-state index contributed by atoms with van der Waals surface area (Å²) in [5.41, 5.74) is 8.40. The van der Waals surface area contributed by atoms with Crippen LogP contribution in [-0.2, 0) is 6.61 Å². The van der Waals surface area contributed by atoms with Crippen LogP contribution < -0.4 is 11.1 Å². The third-order valence-corrected chi connectivity index (χ3v) is 5.35. The number of thiazole rings is 1. The van der Waals surface area contributed by atoms with Crippen molar-refractivity contribution in [1.29, 1.82) is 0 Å². The lowest BCUT2D eigenvalue weighted by molar-refractivity contribution is 0.0930. The number of amides is 1. The second kappa shape index (κ2) is 8.62. The van der Waals surface area contributed by atoms with Gasteiger partial charge in [-0.05, 0) is 43.7 Å². The van der Waals surface area contributed by atoms with Gasteiger partial charge in [-0.3, -0.25) is 9.78 Å². The fourth-order valence-corrected chi connectivity index (χ4v) is 3.65. The highest BCUT2D eigenvalue weighted by Gasteiger charge is 2.21. The van der Waals surface area contributed by atoms with E-state index in [2.05, 4.69) is 20.3 Å². The molecule has 9 heteroatoms. The van der Waals surface area contributed by atoms with Crippen LogP contribution in [0.15, 0.2) is 30.6 Å². The SMILES string of the molecule is Cc1cc(-c2ccc(Cl)cn2)[nH]c1C(=O)NC(CCN)c1ncc(CO)s1. The molecule has 0 saturated carbocycles. The molecule has 0 bridgehead atoms. The average Bonchev–Trinajstić information content (AvgIpc) is 3.28. The minimum atomic E-state index is -0.312. The second-order valence-electron chi connectivity index (χ2n) is 6.03. The van der Waals surface area contributed by atoms with Crippen LogP contribution in [0, 0.1) is 6.92 Å². The number of H-pyrrole nitrogens is 1. The number of pyridine rings is 1. The number of rotatable bonds is 7. The predicted molar refractivity (Wildman–Crippen MR) is 106 cm³/mol. The van der Waals surface area contributed by atoms with Gasteiger partial charge in [0.05, 0.1) is 33.9 Å². The number of carbonyl (C=O) groups excluding carboxylic acids is 1. The Bertz CT molecular complexity index is 922. The zero-order valence-corrected chi connectivity index (χ0v) is 16.3. The fourth-order valence-electron chi connectivity index (χ4n) is 2.68. The van der Waals surface area contributed by atoms with Crippen molar-refractivity contribution < 1.29 is 9.90 Å². The van der Waals surface area contributed by atoms with Gasteiger partial charge in [-0.15, -0.1) is 11.3 Å². The summed E-state index contributed by atoms with van der Waals surface area (Å²) >= 11 is 7.24. The van der Waals surface area contributed by atoms with E-state index in [-0.39, 0.29) is 18.6 Å². The summed E-state index contributed by atoms with van der Waals surface area (Å²) in [7, 11) is 0. The van der Waals surface area contributed by atoms with E-state index in [0.717, 1.165) is 21.1 Å². The lowest BCUT2D eigenvalue weighted by Crippen LogP contribution is -2.30. The van der Waals surface area contributed by atoms with Gasteiger partial charge in [-0.1, -0.05) is 11.6 Å². The largest absolute Gasteiger partial charge is 0.391 e.